The standard InChI is InChI=1S/C23H27N3O3S.ClH/c1-15-6-7-16(2)17(12-15)22(27)26(9-5-8-25(3)4)23-24-18-13-19-20(14-21(18)30-23)29-11-10-28-19;/h6-7,12-14H,5,8-11H2,1-4H3;1H. The van der Waals surface area contributed by atoms with Gasteiger partial charge in [-0.25, -0.2) is 4.98 Å². The van der Waals surface area contributed by atoms with Crippen molar-refractivity contribution in [1.29, 1.82) is 0 Å². The van der Waals surface area contributed by atoms with E-state index in [2.05, 4.69) is 4.90 Å². The van der Waals surface area contributed by atoms with E-state index in [0.29, 0.717) is 30.6 Å². The minimum absolute atomic E-state index is 0. The number of aryl methyl sites for hydroxylation is 2. The SMILES string of the molecule is Cc1ccc(C)c(C(=O)N(CCCN(C)C)c2nc3cc4c(cc3s2)OCCO4)c1.Cl. The van der Waals surface area contributed by atoms with Crippen molar-refractivity contribution in [2.45, 2.75) is 20.3 Å². The summed E-state index contributed by atoms with van der Waals surface area (Å²) >= 11 is 1.51. The van der Waals surface area contributed by atoms with Crippen LogP contribution in [0.2, 0.25) is 0 Å². The summed E-state index contributed by atoms with van der Waals surface area (Å²) in [7, 11) is 4.08. The first-order valence-electron chi connectivity index (χ1n) is 10.2. The molecule has 0 spiro atoms. The lowest BCUT2D eigenvalue weighted by molar-refractivity contribution is 0.0985. The average Bonchev–Trinajstić information content (AvgIpc) is 3.12. The Kier molecular flexibility index (Phi) is 7.41. The molecule has 4 rings (SSSR count). The summed E-state index contributed by atoms with van der Waals surface area (Å²) in [6.45, 7) is 6.58. The Morgan fingerprint density at radius 2 is 1.77 bits per heavy atom. The molecule has 0 atom stereocenters. The monoisotopic (exact) mass is 461 g/mol. The molecule has 0 N–H and O–H groups in total. The lowest BCUT2D eigenvalue weighted by atomic mass is 10.0. The van der Waals surface area contributed by atoms with Crippen LogP contribution < -0.4 is 14.4 Å². The zero-order chi connectivity index (χ0) is 21.3. The maximum atomic E-state index is 13.6. The predicted octanol–water partition coefficient (Wildman–Crippen LogP) is 4.70. The molecule has 0 saturated carbocycles. The zero-order valence-corrected chi connectivity index (χ0v) is 19.9. The molecule has 6 nitrogen and oxygen atoms in total. The molecule has 3 aromatic rings. The maximum absolute atomic E-state index is 13.6. The van der Waals surface area contributed by atoms with E-state index in [4.69, 9.17) is 14.5 Å². The summed E-state index contributed by atoms with van der Waals surface area (Å²) in [5.74, 6) is 1.45. The third-order valence-electron chi connectivity index (χ3n) is 5.13. The van der Waals surface area contributed by atoms with Crippen molar-refractivity contribution >= 4 is 45.0 Å². The Morgan fingerprint density at radius 1 is 1.06 bits per heavy atom. The number of hydrogen-bond donors (Lipinski definition) is 0. The van der Waals surface area contributed by atoms with E-state index in [1.165, 1.54) is 11.3 Å². The van der Waals surface area contributed by atoms with E-state index in [-0.39, 0.29) is 18.3 Å². The zero-order valence-electron chi connectivity index (χ0n) is 18.3. The van der Waals surface area contributed by atoms with Crippen LogP contribution in [0.1, 0.15) is 27.9 Å². The number of benzene rings is 2. The van der Waals surface area contributed by atoms with Crippen LogP contribution in [0.15, 0.2) is 30.3 Å². The number of carbonyl (C=O) groups excluding carboxylic acids is 1. The number of ether oxygens (including phenoxy) is 2. The first kappa shape index (κ1) is 23.3. The number of fused-ring (bicyclic) bond motifs is 2. The first-order chi connectivity index (χ1) is 14.4. The minimum atomic E-state index is -0.00808. The lowest BCUT2D eigenvalue weighted by Crippen LogP contribution is -2.34. The van der Waals surface area contributed by atoms with Crippen molar-refractivity contribution in [2.75, 3.05) is 45.3 Å². The van der Waals surface area contributed by atoms with Crippen LogP contribution in [0.5, 0.6) is 11.5 Å². The fourth-order valence-electron chi connectivity index (χ4n) is 3.51. The summed E-state index contributed by atoms with van der Waals surface area (Å²) in [6, 6.07) is 9.87. The minimum Gasteiger partial charge on any atom is -0.486 e. The second-order valence-electron chi connectivity index (χ2n) is 7.89. The van der Waals surface area contributed by atoms with Gasteiger partial charge in [0.25, 0.3) is 5.91 Å². The van der Waals surface area contributed by atoms with Gasteiger partial charge in [0.15, 0.2) is 16.6 Å². The highest BCUT2D eigenvalue weighted by Gasteiger charge is 2.24. The molecule has 0 aliphatic carbocycles. The third kappa shape index (κ3) is 5.11. The number of nitrogens with zero attached hydrogens (tertiary/aromatic N) is 3. The Hall–Kier alpha value is -2.35. The van der Waals surface area contributed by atoms with E-state index in [1.807, 2.05) is 63.2 Å². The number of rotatable bonds is 6. The molecule has 0 bridgehead atoms. The molecule has 0 unspecified atom stereocenters. The van der Waals surface area contributed by atoms with Crippen LogP contribution in [-0.2, 0) is 0 Å². The van der Waals surface area contributed by atoms with Gasteiger partial charge >= 0.3 is 0 Å². The van der Waals surface area contributed by atoms with Gasteiger partial charge < -0.3 is 14.4 Å². The van der Waals surface area contributed by atoms with Crippen molar-refractivity contribution in [1.82, 2.24) is 9.88 Å². The molecule has 1 aliphatic rings. The summed E-state index contributed by atoms with van der Waals surface area (Å²) in [5.41, 5.74) is 3.60. The largest absolute Gasteiger partial charge is 0.486 e. The van der Waals surface area contributed by atoms with Gasteiger partial charge in [0.2, 0.25) is 0 Å². The molecule has 0 saturated heterocycles. The van der Waals surface area contributed by atoms with Gasteiger partial charge in [-0.05, 0) is 52.5 Å². The van der Waals surface area contributed by atoms with E-state index in [0.717, 1.165) is 45.6 Å². The molecule has 1 aliphatic heterocycles. The van der Waals surface area contributed by atoms with E-state index in [9.17, 15) is 4.79 Å². The lowest BCUT2D eigenvalue weighted by Gasteiger charge is -2.22. The van der Waals surface area contributed by atoms with Gasteiger partial charge in [0.1, 0.15) is 13.2 Å². The highest BCUT2D eigenvalue weighted by Crippen LogP contribution is 2.39. The van der Waals surface area contributed by atoms with Crippen molar-refractivity contribution in [3.8, 4) is 11.5 Å². The second kappa shape index (κ2) is 9.85. The number of anilines is 1. The summed E-state index contributed by atoms with van der Waals surface area (Å²) in [5, 5.41) is 0.706. The Morgan fingerprint density at radius 3 is 2.48 bits per heavy atom. The quantitative estimate of drug-likeness (QED) is 0.532. The molecule has 0 fully saturated rings. The Labute approximate surface area is 193 Å². The molecule has 1 amide bonds. The Bertz CT molecular complexity index is 1040. The van der Waals surface area contributed by atoms with Gasteiger partial charge in [-0.15, -0.1) is 12.4 Å². The third-order valence-corrected chi connectivity index (χ3v) is 6.17. The number of thiazole rings is 1. The van der Waals surface area contributed by atoms with Crippen LogP contribution in [0.3, 0.4) is 0 Å². The molecule has 1 aromatic heterocycles. The normalized spacial score (nSPS) is 12.7. The summed E-state index contributed by atoms with van der Waals surface area (Å²) < 4.78 is 12.4. The smallest absolute Gasteiger partial charge is 0.260 e. The van der Waals surface area contributed by atoms with Crippen molar-refractivity contribution in [3.63, 3.8) is 0 Å². The maximum Gasteiger partial charge on any atom is 0.260 e. The van der Waals surface area contributed by atoms with Gasteiger partial charge in [-0.1, -0.05) is 29.0 Å². The average molecular weight is 462 g/mol. The number of halogens is 1. The summed E-state index contributed by atoms with van der Waals surface area (Å²) in [4.78, 5) is 22.3. The fraction of sp³-hybridized carbons (Fsp3) is 0.391. The van der Waals surface area contributed by atoms with Crippen molar-refractivity contribution in [3.05, 3.63) is 47.0 Å². The fourth-order valence-corrected chi connectivity index (χ4v) is 4.51. The van der Waals surface area contributed by atoms with E-state index >= 15 is 0 Å². The summed E-state index contributed by atoms with van der Waals surface area (Å²) in [6.07, 6.45) is 0.863. The highest BCUT2D eigenvalue weighted by molar-refractivity contribution is 7.22. The molecular formula is C23H28ClN3O3S. The van der Waals surface area contributed by atoms with Crippen LogP contribution in [0.25, 0.3) is 10.2 Å². The number of carbonyl (C=O) groups is 1. The van der Waals surface area contributed by atoms with Gasteiger partial charge in [-0.2, -0.15) is 0 Å². The van der Waals surface area contributed by atoms with Gasteiger partial charge in [-0.3, -0.25) is 9.69 Å². The molecule has 31 heavy (non-hydrogen) atoms. The van der Waals surface area contributed by atoms with Crippen molar-refractivity contribution in [2.24, 2.45) is 0 Å². The van der Waals surface area contributed by atoms with E-state index < -0.39 is 0 Å². The molecule has 2 heterocycles. The topological polar surface area (TPSA) is 54.9 Å². The van der Waals surface area contributed by atoms with Crippen LogP contribution in [0, 0.1) is 13.8 Å². The Balaban J connectivity index is 0.00000272. The molecule has 166 valence electrons. The molecule has 0 radical (unpaired) electrons. The molecular weight excluding hydrogens is 434 g/mol. The predicted molar refractivity (Wildman–Crippen MR) is 129 cm³/mol. The highest BCUT2D eigenvalue weighted by atomic mass is 35.5. The van der Waals surface area contributed by atoms with Gasteiger partial charge in [0.05, 0.1) is 10.2 Å². The second-order valence-corrected chi connectivity index (χ2v) is 8.90. The number of hydrogen-bond acceptors (Lipinski definition) is 6. The number of aromatic nitrogens is 1. The van der Waals surface area contributed by atoms with Crippen LogP contribution in [0.4, 0.5) is 5.13 Å². The van der Waals surface area contributed by atoms with Gasteiger partial charge in [0, 0.05) is 24.2 Å². The van der Waals surface area contributed by atoms with E-state index in [1.54, 1.807) is 0 Å². The first-order valence-corrected chi connectivity index (χ1v) is 11.0. The molecule has 2 aromatic carbocycles. The molecule has 8 heteroatoms. The van der Waals surface area contributed by atoms with Crippen molar-refractivity contribution < 1.29 is 14.3 Å². The number of amides is 1. The van der Waals surface area contributed by atoms with Crippen LogP contribution >= 0.6 is 23.7 Å². The van der Waals surface area contributed by atoms with Crippen LogP contribution in [-0.4, -0.2) is 56.2 Å².